The number of nitrogens with zero attached hydrogens (tertiary/aromatic N) is 3. The Morgan fingerprint density at radius 2 is 1.83 bits per heavy atom. The highest BCUT2D eigenvalue weighted by Gasteiger charge is 2.31. The lowest BCUT2D eigenvalue weighted by atomic mass is 9.97. The molecule has 0 saturated carbocycles. The van der Waals surface area contributed by atoms with Crippen molar-refractivity contribution in [3.63, 3.8) is 0 Å². The highest BCUT2D eigenvalue weighted by molar-refractivity contribution is 7.15. The number of fused-ring (bicyclic) bond motifs is 1. The van der Waals surface area contributed by atoms with Crippen LogP contribution in [0.15, 0.2) is 42.5 Å². The van der Waals surface area contributed by atoms with E-state index in [1.807, 2.05) is 31.2 Å². The Morgan fingerprint density at radius 1 is 1.06 bits per heavy atom. The Labute approximate surface area is 211 Å². The normalized spacial score (nSPS) is 16.5. The number of rotatable bonds is 6. The first-order valence-corrected chi connectivity index (χ1v) is 12.4. The zero-order valence-corrected chi connectivity index (χ0v) is 20.5. The number of nitrogens with one attached hydrogen (secondary N) is 2. The molecule has 0 spiro atoms. The van der Waals surface area contributed by atoms with E-state index in [4.69, 9.17) is 9.47 Å². The number of likely N-dealkylation sites (tertiary alicyclic amines) is 1. The molecule has 1 saturated heterocycles. The third-order valence-corrected chi connectivity index (χ3v) is 7.01. The van der Waals surface area contributed by atoms with E-state index in [1.165, 1.54) is 0 Å². The molecule has 0 aliphatic carbocycles. The molecular weight excluding hydrogens is 482 g/mol. The molecule has 2 aromatic carbocycles. The molecule has 10 nitrogen and oxygen atoms in total. The number of anilines is 1. The van der Waals surface area contributed by atoms with Crippen molar-refractivity contribution in [2.75, 3.05) is 25.2 Å². The van der Waals surface area contributed by atoms with Gasteiger partial charge in [-0.3, -0.25) is 14.4 Å². The standard InChI is InChI=1S/C25H25N5O5S/c1-15-4-6-16(7-5-15)12-26-21(31)17-3-2-10-30(13-17)25(33)24-29-28-23(36-24)22(32)27-18-8-9-19-20(11-18)35-14-34-19/h4-9,11,17H,2-3,10,12-14H2,1H3,(H,26,31)(H,27,32). The first kappa shape index (κ1) is 23.7. The van der Waals surface area contributed by atoms with Crippen LogP contribution in [0.1, 0.15) is 43.6 Å². The van der Waals surface area contributed by atoms with Crippen LogP contribution in [-0.4, -0.2) is 52.7 Å². The first-order valence-electron chi connectivity index (χ1n) is 11.6. The van der Waals surface area contributed by atoms with E-state index in [2.05, 4.69) is 20.8 Å². The van der Waals surface area contributed by atoms with E-state index in [9.17, 15) is 14.4 Å². The molecule has 2 aliphatic heterocycles. The van der Waals surface area contributed by atoms with Gasteiger partial charge in [0.25, 0.3) is 11.8 Å². The lowest BCUT2D eigenvalue weighted by molar-refractivity contribution is -0.126. The third-order valence-electron chi connectivity index (χ3n) is 6.10. The number of aryl methyl sites for hydroxylation is 1. The van der Waals surface area contributed by atoms with Crippen molar-refractivity contribution < 1.29 is 23.9 Å². The number of aromatic nitrogens is 2. The largest absolute Gasteiger partial charge is 0.454 e. The zero-order valence-electron chi connectivity index (χ0n) is 19.7. The number of ether oxygens (including phenoxy) is 2. The predicted molar refractivity (Wildman–Crippen MR) is 132 cm³/mol. The van der Waals surface area contributed by atoms with Crippen molar-refractivity contribution in [2.45, 2.75) is 26.3 Å². The SMILES string of the molecule is Cc1ccc(CNC(=O)C2CCCN(C(=O)c3nnc(C(=O)Nc4ccc5c(c4)OCO5)s3)C2)cc1. The quantitative estimate of drug-likeness (QED) is 0.526. The molecular formula is C25H25N5O5S. The summed E-state index contributed by atoms with van der Waals surface area (Å²) in [5.74, 6) is -0.0176. The summed E-state index contributed by atoms with van der Waals surface area (Å²) in [5.41, 5.74) is 2.71. The molecule has 186 valence electrons. The highest BCUT2D eigenvalue weighted by atomic mass is 32.1. The van der Waals surface area contributed by atoms with Gasteiger partial charge in [-0.1, -0.05) is 41.2 Å². The fraction of sp³-hybridized carbons (Fsp3) is 0.320. The van der Waals surface area contributed by atoms with Gasteiger partial charge in [-0.2, -0.15) is 0 Å². The van der Waals surface area contributed by atoms with E-state index in [1.54, 1.807) is 23.1 Å². The molecule has 1 unspecified atom stereocenters. The summed E-state index contributed by atoms with van der Waals surface area (Å²) in [6.07, 6.45) is 1.42. The van der Waals surface area contributed by atoms with Crippen molar-refractivity contribution >= 4 is 34.7 Å². The third kappa shape index (κ3) is 5.30. The zero-order chi connectivity index (χ0) is 25.1. The van der Waals surface area contributed by atoms with Gasteiger partial charge in [0.15, 0.2) is 11.5 Å². The summed E-state index contributed by atoms with van der Waals surface area (Å²) in [4.78, 5) is 40.0. The molecule has 0 bridgehead atoms. The van der Waals surface area contributed by atoms with Crippen LogP contribution in [0.3, 0.4) is 0 Å². The molecule has 1 fully saturated rings. The highest BCUT2D eigenvalue weighted by Crippen LogP contribution is 2.34. The minimum atomic E-state index is -0.475. The molecule has 2 N–H and O–H groups in total. The van der Waals surface area contributed by atoms with Gasteiger partial charge in [0.05, 0.1) is 5.92 Å². The lowest BCUT2D eigenvalue weighted by Gasteiger charge is -2.31. The van der Waals surface area contributed by atoms with Crippen LogP contribution in [0.25, 0.3) is 0 Å². The van der Waals surface area contributed by atoms with Gasteiger partial charge in [0, 0.05) is 31.4 Å². The van der Waals surface area contributed by atoms with E-state index in [-0.39, 0.29) is 34.5 Å². The van der Waals surface area contributed by atoms with Crippen LogP contribution in [-0.2, 0) is 11.3 Å². The van der Waals surface area contributed by atoms with Gasteiger partial charge in [-0.15, -0.1) is 10.2 Å². The summed E-state index contributed by atoms with van der Waals surface area (Å²) >= 11 is 0.924. The maximum absolute atomic E-state index is 13.0. The number of carbonyl (C=O) groups is 3. The number of piperidine rings is 1. The Balaban J connectivity index is 1.17. The van der Waals surface area contributed by atoms with Gasteiger partial charge in [-0.05, 0) is 37.5 Å². The van der Waals surface area contributed by atoms with Gasteiger partial charge >= 0.3 is 0 Å². The number of hydrogen-bond donors (Lipinski definition) is 2. The number of hydrogen-bond acceptors (Lipinski definition) is 8. The van der Waals surface area contributed by atoms with Crippen LogP contribution >= 0.6 is 11.3 Å². The number of amides is 3. The maximum Gasteiger partial charge on any atom is 0.286 e. The molecule has 1 atom stereocenters. The fourth-order valence-electron chi connectivity index (χ4n) is 4.11. The Hall–Kier alpha value is -3.99. The second-order valence-corrected chi connectivity index (χ2v) is 9.71. The molecule has 36 heavy (non-hydrogen) atoms. The van der Waals surface area contributed by atoms with Gasteiger partial charge < -0.3 is 25.0 Å². The Morgan fingerprint density at radius 3 is 2.67 bits per heavy atom. The molecule has 5 rings (SSSR count). The second-order valence-electron chi connectivity index (χ2n) is 8.73. The van der Waals surface area contributed by atoms with Crippen molar-refractivity contribution in [3.8, 4) is 11.5 Å². The maximum atomic E-state index is 13.0. The van der Waals surface area contributed by atoms with E-state index < -0.39 is 5.91 Å². The number of benzene rings is 2. The molecule has 3 amide bonds. The summed E-state index contributed by atoms with van der Waals surface area (Å²) in [5, 5.41) is 13.7. The average molecular weight is 508 g/mol. The minimum absolute atomic E-state index is 0.0698. The second kappa shape index (κ2) is 10.3. The van der Waals surface area contributed by atoms with Crippen molar-refractivity contribution in [3.05, 3.63) is 63.6 Å². The lowest BCUT2D eigenvalue weighted by Crippen LogP contribution is -2.45. The van der Waals surface area contributed by atoms with Crippen LogP contribution in [0, 0.1) is 12.8 Å². The van der Waals surface area contributed by atoms with Gasteiger partial charge in [-0.25, -0.2) is 0 Å². The molecule has 0 radical (unpaired) electrons. The smallest absolute Gasteiger partial charge is 0.286 e. The topological polar surface area (TPSA) is 123 Å². The molecule has 2 aliphatic rings. The van der Waals surface area contributed by atoms with Gasteiger partial charge in [0.1, 0.15) is 0 Å². The number of carbonyl (C=O) groups excluding carboxylic acids is 3. The van der Waals surface area contributed by atoms with Crippen molar-refractivity contribution in [2.24, 2.45) is 5.92 Å². The van der Waals surface area contributed by atoms with Crippen LogP contribution in [0.4, 0.5) is 5.69 Å². The van der Waals surface area contributed by atoms with Crippen LogP contribution in [0.5, 0.6) is 11.5 Å². The van der Waals surface area contributed by atoms with Crippen LogP contribution < -0.4 is 20.1 Å². The summed E-state index contributed by atoms with van der Waals surface area (Å²) in [7, 11) is 0. The van der Waals surface area contributed by atoms with Crippen molar-refractivity contribution in [1.82, 2.24) is 20.4 Å². The Kier molecular flexibility index (Phi) is 6.81. The Bertz CT molecular complexity index is 1290. The molecule has 3 heterocycles. The summed E-state index contributed by atoms with van der Waals surface area (Å²) < 4.78 is 10.6. The van der Waals surface area contributed by atoms with E-state index >= 15 is 0 Å². The molecule has 1 aromatic heterocycles. The van der Waals surface area contributed by atoms with E-state index in [0.717, 1.165) is 22.5 Å². The molecule has 11 heteroatoms. The summed E-state index contributed by atoms with van der Waals surface area (Å²) in [6, 6.07) is 13.0. The molecule has 3 aromatic rings. The van der Waals surface area contributed by atoms with Gasteiger partial charge in [0.2, 0.25) is 22.7 Å². The van der Waals surface area contributed by atoms with E-state index in [0.29, 0.717) is 49.7 Å². The fourth-order valence-corrected chi connectivity index (χ4v) is 4.82. The van der Waals surface area contributed by atoms with Crippen molar-refractivity contribution in [1.29, 1.82) is 0 Å². The monoisotopic (exact) mass is 507 g/mol. The minimum Gasteiger partial charge on any atom is -0.454 e. The first-order chi connectivity index (χ1) is 17.5. The summed E-state index contributed by atoms with van der Waals surface area (Å²) in [6.45, 7) is 3.43. The average Bonchev–Trinajstić information content (AvgIpc) is 3.58. The predicted octanol–water partition coefficient (Wildman–Crippen LogP) is 3.00. The van der Waals surface area contributed by atoms with Crippen LogP contribution in [0.2, 0.25) is 0 Å².